The zero-order valence-corrected chi connectivity index (χ0v) is 34.0. The summed E-state index contributed by atoms with van der Waals surface area (Å²) in [6.45, 7) is 8.47. The number of carbonyl (C=O) groups is 2. The van der Waals surface area contributed by atoms with E-state index in [1.165, 1.54) is 0 Å². The highest BCUT2D eigenvalue weighted by Gasteiger charge is 2.45. The number of carbonyl (C=O) groups excluding carboxylic acids is 2. The third-order valence-electron chi connectivity index (χ3n) is 12.3. The number of hydrogen-bond donors (Lipinski definition) is 5. The maximum absolute atomic E-state index is 16.5. The number of H-pyrrole nitrogens is 1. The minimum atomic E-state index is -3.21. The highest BCUT2D eigenvalue weighted by molar-refractivity contribution is 5.87. The third-order valence-corrected chi connectivity index (χ3v) is 12.3. The van der Waals surface area contributed by atoms with Crippen molar-refractivity contribution in [2.24, 2.45) is 11.3 Å². The molecule has 0 radical (unpaired) electrons. The number of allylic oxidation sites excluding steroid dienone is 1. The predicted octanol–water partition coefficient (Wildman–Crippen LogP) is 6.80. The van der Waals surface area contributed by atoms with Crippen LogP contribution in [0.3, 0.4) is 0 Å². The maximum atomic E-state index is 16.5. The Morgan fingerprint density at radius 1 is 1.02 bits per heavy atom. The van der Waals surface area contributed by atoms with Crippen LogP contribution in [0.25, 0.3) is 39.0 Å². The number of alkyl halides is 2. The SMILES string of the molecule is CC/C=C(/NCC(=O)N(CC1NC=C(c2ccc3c(c2)C(F)(F)c2cc(-c4ccc5nc(C6C(CC)CCN6C(=O)CNC)[nH]c5c4)ccc2-3)N1)CC1(C)CC1)OC. The normalized spacial score (nSPS) is 21.2. The van der Waals surface area contributed by atoms with E-state index in [0.29, 0.717) is 59.4 Å². The number of aromatic nitrogens is 2. The van der Waals surface area contributed by atoms with Crippen LogP contribution in [-0.2, 0) is 20.2 Å². The van der Waals surface area contributed by atoms with E-state index in [1.807, 2.05) is 53.1 Å². The number of hydrogen-bond acceptors (Lipinski definition) is 8. The Morgan fingerprint density at radius 3 is 2.41 bits per heavy atom. The van der Waals surface area contributed by atoms with Gasteiger partial charge < -0.3 is 40.8 Å². The minimum Gasteiger partial charge on any atom is -0.483 e. The number of rotatable bonds is 15. The van der Waals surface area contributed by atoms with Crippen LogP contribution in [0.15, 0.2) is 72.8 Å². The summed E-state index contributed by atoms with van der Waals surface area (Å²) < 4.78 is 38.3. The van der Waals surface area contributed by atoms with Gasteiger partial charge in [0.25, 0.3) is 5.92 Å². The fourth-order valence-corrected chi connectivity index (χ4v) is 8.82. The van der Waals surface area contributed by atoms with Crippen molar-refractivity contribution in [1.82, 2.24) is 41.0 Å². The molecule has 2 aliphatic carbocycles. The van der Waals surface area contributed by atoms with Gasteiger partial charge in [0.15, 0.2) is 5.88 Å². The lowest BCUT2D eigenvalue weighted by Gasteiger charge is -2.29. The second-order valence-electron chi connectivity index (χ2n) is 16.5. The molecule has 13 heteroatoms. The molecule has 2 aliphatic heterocycles. The van der Waals surface area contributed by atoms with Crippen molar-refractivity contribution >= 4 is 28.5 Å². The summed E-state index contributed by atoms with van der Waals surface area (Å²) in [5, 5.41) is 12.9. The number of amides is 2. The van der Waals surface area contributed by atoms with Gasteiger partial charge in [0, 0.05) is 30.4 Å². The van der Waals surface area contributed by atoms with E-state index in [0.717, 1.165) is 54.5 Å². The summed E-state index contributed by atoms with van der Waals surface area (Å²) in [7, 11) is 3.35. The minimum absolute atomic E-state index is 0.0240. The van der Waals surface area contributed by atoms with Crippen molar-refractivity contribution in [3.63, 3.8) is 0 Å². The molecule has 4 aromatic rings. The highest BCUT2D eigenvalue weighted by atomic mass is 19.3. The van der Waals surface area contributed by atoms with Crippen molar-refractivity contribution in [1.29, 1.82) is 0 Å². The molecule has 11 nitrogen and oxygen atoms in total. The second-order valence-corrected chi connectivity index (χ2v) is 16.5. The average molecular weight is 793 g/mol. The molecule has 0 bridgehead atoms. The summed E-state index contributed by atoms with van der Waals surface area (Å²) in [5.41, 5.74) is 5.47. The largest absolute Gasteiger partial charge is 0.483 e. The third kappa shape index (κ3) is 7.52. The van der Waals surface area contributed by atoms with Gasteiger partial charge in [-0.2, -0.15) is 8.78 Å². The van der Waals surface area contributed by atoms with Crippen LogP contribution in [0, 0.1) is 11.3 Å². The molecule has 1 saturated heterocycles. The van der Waals surface area contributed by atoms with Crippen LogP contribution in [0.4, 0.5) is 8.78 Å². The molecule has 3 unspecified atom stereocenters. The molecule has 4 aliphatic rings. The van der Waals surface area contributed by atoms with Gasteiger partial charge >= 0.3 is 0 Å². The van der Waals surface area contributed by atoms with Gasteiger partial charge in [-0.3, -0.25) is 9.59 Å². The van der Waals surface area contributed by atoms with Gasteiger partial charge in [-0.1, -0.05) is 57.5 Å². The zero-order chi connectivity index (χ0) is 40.8. The predicted molar refractivity (Wildman–Crippen MR) is 222 cm³/mol. The Bertz CT molecular complexity index is 2280. The number of nitrogens with one attached hydrogen (secondary N) is 5. The number of benzene rings is 3. The standard InChI is InChI=1S/C45H54F2N8O3/c1-6-8-39(58-5)50-24-40(56)54(26-44(3)16-17-44)25-38-49-22-37(51-38)30-10-13-32-31-12-9-28(19-33(31)45(46,47)34(32)20-30)29-11-14-35-36(21-29)53-43(52-35)42-27(7-2)15-18-55(42)41(57)23-48-4/h8-14,19-22,27,38,42,48-51H,6-7,15-18,23-26H2,1-5H3,(H,52,53)/b39-8-. The number of halogens is 2. The van der Waals surface area contributed by atoms with E-state index < -0.39 is 5.92 Å². The van der Waals surface area contributed by atoms with Crippen molar-refractivity contribution in [3.8, 4) is 22.3 Å². The molecule has 2 amide bonds. The van der Waals surface area contributed by atoms with Crippen molar-refractivity contribution in [2.75, 3.05) is 46.9 Å². The molecule has 8 rings (SSSR count). The lowest BCUT2D eigenvalue weighted by Crippen LogP contribution is -2.49. The van der Waals surface area contributed by atoms with Crippen LogP contribution in [0.1, 0.15) is 81.4 Å². The number of aromatic amines is 1. The summed E-state index contributed by atoms with van der Waals surface area (Å²) in [5.74, 6) is -1.57. The van der Waals surface area contributed by atoms with Crippen LogP contribution in [-0.4, -0.2) is 84.6 Å². The molecule has 3 atom stereocenters. The maximum Gasteiger partial charge on any atom is 0.299 e. The van der Waals surface area contributed by atoms with E-state index in [4.69, 9.17) is 9.72 Å². The average Bonchev–Trinajstić information content (AvgIpc) is 3.63. The van der Waals surface area contributed by atoms with Gasteiger partial charge in [0.1, 0.15) is 12.0 Å². The first-order valence-electron chi connectivity index (χ1n) is 20.6. The topological polar surface area (TPSA) is 127 Å². The Labute approximate surface area is 338 Å². The summed E-state index contributed by atoms with van der Waals surface area (Å²) in [4.78, 5) is 38.5. The molecule has 306 valence electrons. The molecule has 3 heterocycles. The number of likely N-dealkylation sites (N-methyl/N-ethyl adjacent to an activating group) is 1. The molecule has 58 heavy (non-hydrogen) atoms. The fourth-order valence-electron chi connectivity index (χ4n) is 8.82. The molecular formula is C45H54F2N8O3. The van der Waals surface area contributed by atoms with Gasteiger partial charge in [-0.05, 0) is 102 Å². The number of likely N-dealkylation sites (tertiary alicyclic amines) is 1. The van der Waals surface area contributed by atoms with Gasteiger partial charge in [0.05, 0.1) is 49.5 Å². The Kier molecular flexibility index (Phi) is 10.7. The van der Waals surface area contributed by atoms with Crippen molar-refractivity contribution < 1.29 is 23.1 Å². The Hall–Kier alpha value is -5.43. The van der Waals surface area contributed by atoms with Gasteiger partial charge in [-0.15, -0.1) is 0 Å². The second kappa shape index (κ2) is 15.7. The van der Waals surface area contributed by atoms with E-state index in [-0.39, 0.29) is 53.7 Å². The van der Waals surface area contributed by atoms with Crippen LogP contribution in [0.2, 0.25) is 0 Å². The molecule has 1 aromatic heterocycles. The summed E-state index contributed by atoms with van der Waals surface area (Å²) in [6.07, 6.45) is 8.21. The number of ether oxygens (including phenoxy) is 1. The number of nitrogens with zero attached hydrogens (tertiary/aromatic N) is 3. The van der Waals surface area contributed by atoms with Crippen molar-refractivity contribution in [2.45, 2.75) is 71.0 Å². The van der Waals surface area contributed by atoms with Gasteiger partial charge in [0.2, 0.25) is 11.8 Å². The number of fused-ring (bicyclic) bond motifs is 4. The lowest BCUT2D eigenvalue weighted by molar-refractivity contribution is -0.132. The molecule has 1 saturated carbocycles. The molecule has 0 spiro atoms. The number of methoxy groups -OCH3 is 1. The van der Waals surface area contributed by atoms with Crippen LogP contribution in [0.5, 0.6) is 0 Å². The Morgan fingerprint density at radius 2 is 1.72 bits per heavy atom. The quantitative estimate of drug-likeness (QED) is 0.0833. The van der Waals surface area contributed by atoms with E-state index in [9.17, 15) is 9.59 Å². The molecule has 3 aromatic carbocycles. The Balaban J connectivity index is 0.979. The monoisotopic (exact) mass is 792 g/mol. The van der Waals surface area contributed by atoms with Crippen LogP contribution >= 0.6 is 0 Å². The first-order valence-corrected chi connectivity index (χ1v) is 20.6. The van der Waals surface area contributed by atoms with Crippen LogP contribution < -0.4 is 21.3 Å². The van der Waals surface area contributed by atoms with E-state index in [2.05, 4.69) is 40.1 Å². The first-order chi connectivity index (χ1) is 27.9. The van der Waals surface area contributed by atoms with Crippen molar-refractivity contribution in [3.05, 3.63) is 95.3 Å². The smallest absolute Gasteiger partial charge is 0.299 e. The molecule has 5 N–H and O–H groups in total. The molecule has 2 fully saturated rings. The first kappa shape index (κ1) is 39.4. The molecular weight excluding hydrogens is 739 g/mol. The highest BCUT2D eigenvalue weighted by Crippen LogP contribution is 2.52. The fraction of sp³-hybridized carbons (Fsp3) is 0.444. The van der Waals surface area contributed by atoms with Gasteiger partial charge in [-0.25, -0.2) is 4.98 Å². The zero-order valence-electron chi connectivity index (χ0n) is 34.0. The van der Waals surface area contributed by atoms with E-state index >= 15 is 8.78 Å². The summed E-state index contributed by atoms with van der Waals surface area (Å²) >= 11 is 0. The number of imidazole rings is 1. The lowest BCUT2D eigenvalue weighted by atomic mass is 9.97. The summed E-state index contributed by atoms with van der Waals surface area (Å²) in [6, 6.07) is 16.2. The van der Waals surface area contributed by atoms with E-state index in [1.54, 1.807) is 44.6 Å².